The van der Waals surface area contributed by atoms with Crippen LogP contribution in [-0.2, 0) is 9.59 Å². The number of likely N-dealkylation sites (tertiary alicyclic amines) is 1. The van der Waals surface area contributed by atoms with Gasteiger partial charge in [0.25, 0.3) is 5.91 Å². The van der Waals surface area contributed by atoms with Gasteiger partial charge in [-0.25, -0.2) is 0 Å². The third-order valence-electron chi connectivity index (χ3n) is 4.81. The molecule has 1 heterocycles. The number of hydrogen-bond acceptors (Lipinski definition) is 4. The third-order valence-corrected chi connectivity index (χ3v) is 4.81. The molecule has 1 atom stereocenters. The van der Waals surface area contributed by atoms with E-state index in [0.717, 1.165) is 0 Å². The fraction of sp³-hybridized carbons (Fsp3) is 0.550. The molecule has 7 heteroatoms. The number of rotatable bonds is 6. The van der Waals surface area contributed by atoms with E-state index in [9.17, 15) is 14.4 Å². The molecule has 1 saturated heterocycles. The quantitative estimate of drug-likeness (QED) is 0.790. The monoisotopic (exact) mass is 375 g/mol. The van der Waals surface area contributed by atoms with Gasteiger partial charge in [-0.05, 0) is 56.9 Å². The van der Waals surface area contributed by atoms with Gasteiger partial charge in [-0.1, -0.05) is 0 Å². The van der Waals surface area contributed by atoms with Gasteiger partial charge in [0.05, 0.1) is 7.11 Å². The lowest BCUT2D eigenvalue weighted by Gasteiger charge is -2.35. The van der Waals surface area contributed by atoms with Crippen molar-refractivity contribution in [2.24, 2.45) is 5.92 Å². The van der Waals surface area contributed by atoms with Gasteiger partial charge in [0.15, 0.2) is 0 Å². The minimum absolute atomic E-state index is 0.0125. The second-order valence-electron chi connectivity index (χ2n) is 7.19. The molecule has 2 N–H and O–H groups in total. The number of amides is 3. The lowest BCUT2D eigenvalue weighted by atomic mass is 9.88. The van der Waals surface area contributed by atoms with Crippen LogP contribution in [-0.4, -0.2) is 54.9 Å². The highest BCUT2D eigenvalue weighted by molar-refractivity contribution is 5.97. The molecule has 2 rings (SSSR count). The van der Waals surface area contributed by atoms with Gasteiger partial charge in [0, 0.05) is 31.6 Å². The Kier molecular flexibility index (Phi) is 7.21. The normalized spacial score (nSPS) is 16.0. The first kappa shape index (κ1) is 20.7. The smallest absolute Gasteiger partial charge is 0.251 e. The summed E-state index contributed by atoms with van der Waals surface area (Å²) in [6, 6.07) is 6.12. The highest BCUT2D eigenvalue weighted by atomic mass is 16.5. The maximum Gasteiger partial charge on any atom is 0.251 e. The Hall–Kier alpha value is -2.57. The van der Waals surface area contributed by atoms with E-state index in [2.05, 4.69) is 10.6 Å². The number of piperidine rings is 1. The fourth-order valence-electron chi connectivity index (χ4n) is 3.29. The Bertz CT molecular complexity index is 664. The lowest BCUT2D eigenvalue weighted by molar-refractivity contribution is -0.130. The molecule has 0 spiro atoms. The van der Waals surface area contributed by atoms with Crippen molar-refractivity contribution >= 4 is 17.7 Å². The molecule has 1 fully saturated rings. The minimum atomic E-state index is -0.629. The van der Waals surface area contributed by atoms with Crippen LogP contribution in [0.15, 0.2) is 24.3 Å². The Morgan fingerprint density at radius 3 is 2.15 bits per heavy atom. The molecule has 1 aromatic carbocycles. The first-order chi connectivity index (χ1) is 12.8. The summed E-state index contributed by atoms with van der Waals surface area (Å²) in [6.07, 6.45) is 1.36. The molecule has 148 valence electrons. The molecule has 0 bridgehead atoms. The summed E-state index contributed by atoms with van der Waals surface area (Å²) in [5, 5.41) is 5.79. The Morgan fingerprint density at radius 1 is 1.07 bits per heavy atom. The van der Waals surface area contributed by atoms with Crippen LogP contribution in [0.5, 0.6) is 5.75 Å². The average molecular weight is 375 g/mol. The van der Waals surface area contributed by atoms with Gasteiger partial charge in [0.1, 0.15) is 11.8 Å². The molecule has 7 nitrogen and oxygen atoms in total. The summed E-state index contributed by atoms with van der Waals surface area (Å²) in [4.78, 5) is 38.7. The molecule has 1 unspecified atom stereocenters. The zero-order chi connectivity index (χ0) is 20.0. The lowest BCUT2D eigenvalue weighted by Crippen LogP contribution is -2.54. The van der Waals surface area contributed by atoms with E-state index >= 15 is 0 Å². The van der Waals surface area contributed by atoms with Crippen molar-refractivity contribution in [2.75, 3.05) is 20.2 Å². The topological polar surface area (TPSA) is 87.7 Å². The maximum atomic E-state index is 12.7. The van der Waals surface area contributed by atoms with Crippen LogP contribution in [0, 0.1) is 5.92 Å². The Balaban J connectivity index is 2.11. The van der Waals surface area contributed by atoms with Crippen molar-refractivity contribution in [3.63, 3.8) is 0 Å². The molecule has 1 aromatic rings. The predicted molar refractivity (Wildman–Crippen MR) is 103 cm³/mol. The van der Waals surface area contributed by atoms with Crippen molar-refractivity contribution in [3.05, 3.63) is 29.8 Å². The van der Waals surface area contributed by atoms with E-state index in [4.69, 9.17) is 4.74 Å². The zero-order valence-corrected chi connectivity index (χ0v) is 16.5. The van der Waals surface area contributed by atoms with Crippen molar-refractivity contribution in [3.8, 4) is 5.75 Å². The molecular formula is C20H29N3O4. The predicted octanol–water partition coefficient (Wildman–Crippen LogP) is 1.58. The maximum absolute atomic E-state index is 12.7. The number of benzene rings is 1. The van der Waals surface area contributed by atoms with Crippen molar-refractivity contribution < 1.29 is 19.1 Å². The SMILES string of the molecule is COc1ccc(C(=O)NC(C(=O)NC(C)C)C2CCN(C(C)=O)CC2)cc1. The first-order valence-corrected chi connectivity index (χ1v) is 9.32. The number of hydrogen-bond donors (Lipinski definition) is 2. The molecule has 27 heavy (non-hydrogen) atoms. The van der Waals surface area contributed by atoms with Crippen LogP contribution in [0.3, 0.4) is 0 Å². The van der Waals surface area contributed by atoms with Crippen molar-refractivity contribution in [1.82, 2.24) is 15.5 Å². The van der Waals surface area contributed by atoms with Gasteiger partial charge in [-0.15, -0.1) is 0 Å². The highest BCUT2D eigenvalue weighted by Gasteiger charge is 2.33. The van der Waals surface area contributed by atoms with E-state index in [0.29, 0.717) is 37.2 Å². The van der Waals surface area contributed by atoms with Crippen LogP contribution >= 0.6 is 0 Å². The van der Waals surface area contributed by atoms with Crippen LogP contribution < -0.4 is 15.4 Å². The molecule has 3 amide bonds. The van der Waals surface area contributed by atoms with E-state index in [1.807, 2.05) is 13.8 Å². The standard InChI is InChI=1S/C20H29N3O4/c1-13(2)21-20(26)18(15-9-11-23(12-10-15)14(3)24)22-19(25)16-5-7-17(27-4)8-6-16/h5-8,13,15,18H,9-12H2,1-4H3,(H,21,26)(H,22,25). The third kappa shape index (κ3) is 5.70. The number of carbonyl (C=O) groups is 3. The van der Waals surface area contributed by atoms with Crippen LogP contribution in [0.25, 0.3) is 0 Å². The number of methoxy groups -OCH3 is 1. The van der Waals surface area contributed by atoms with Crippen LogP contribution in [0.1, 0.15) is 44.0 Å². The summed E-state index contributed by atoms with van der Waals surface area (Å²) in [5.74, 6) is 0.210. The van der Waals surface area contributed by atoms with Crippen molar-refractivity contribution in [1.29, 1.82) is 0 Å². The Labute approximate surface area is 160 Å². The number of ether oxygens (including phenoxy) is 1. The highest BCUT2D eigenvalue weighted by Crippen LogP contribution is 2.22. The summed E-state index contributed by atoms with van der Waals surface area (Å²) in [7, 11) is 1.56. The zero-order valence-electron chi connectivity index (χ0n) is 16.5. The second-order valence-corrected chi connectivity index (χ2v) is 7.19. The molecule has 1 aliphatic rings. The summed E-state index contributed by atoms with van der Waals surface area (Å²) in [6.45, 7) is 6.53. The second kappa shape index (κ2) is 9.39. The molecule has 0 saturated carbocycles. The molecule has 0 aromatic heterocycles. The van der Waals surface area contributed by atoms with Gasteiger partial charge in [-0.2, -0.15) is 0 Å². The number of nitrogens with one attached hydrogen (secondary N) is 2. The van der Waals surface area contributed by atoms with Gasteiger partial charge in [-0.3, -0.25) is 14.4 Å². The molecule has 1 aliphatic heterocycles. The van der Waals surface area contributed by atoms with Gasteiger partial charge in [0.2, 0.25) is 11.8 Å². The first-order valence-electron chi connectivity index (χ1n) is 9.32. The average Bonchev–Trinajstić information content (AvgIpc) is 2.65. The number of nitrogens with zero attached hydrogens (tertiary/aromatic N) is 1. The van der Waals surface area contributed by atoms with Gasteiger partial charge < -0.3 is 20.3 Å². The summed E-state index contributed by atoms with van der Waals surface area (Å²) in [5.41, 5.74) is 0.472. The fourth-order valence-corrected chi connectivity index (χ4v) is 3.29. The van der Waals surface area contributed by atoms with Crippen molar-refractivity contribution in [2.45, 2.75) is 45.7 Å². The van der Waals surface area contributed by atoms with E-state index < -0.39 is 6.04 Å². The van der Waals surface area contributed by atoms with E-state index in [-0.39, 0.29) is 29.7 Å². The minimum Gasteiger partial charge on any atom is -0.497 e. The van der Waals surface area contributed by atoms with E-state index in [1.165, 1.54) is 0 Å². The molecular weight excluding hydrogens is 346 g/mol. The van der Waals surface area contributed by atoms with Crippen LogP contribution in [0.4, 0.5) is 0 Å². The van der Waals surface area contributed by atoms with Gasteiger partial charge >= 0.3 is 0 Å². The summed E-state index contributed by atoms with van der Waals surface area (Å²) < 4.78 is 5.11. The number of carbonyl (C=O) groups excluding carboxylic acids is 3. The molecule has 0 radical (unpaired) electrons. The summed E-state index contributed by atoms with van der Waals surface area (Å²) >= 11 is 0. The largest absolute Gasteiger partial charge is 0.497 e. The van der Waals surface area contributed by atoms with E-state index in [1.54, 1.807) is 43.2 Å². The Morgan fingerprint density at radius 2 is 1.67 bits per heavy atom. The van der Waals surface area contributed by atoms with Crippen LogP contribution in [0.2, 0.25) is 0 Å². The molecule has 0 aliphatic carbocycles.